The molecule has 0 amide bonds. The van der Waals surface area contributed by atoms with Crippen molar-refractivity contribution in [3.05, 3.63) is 185 Å². The molecule has 10 rings (SSSR count). The Morgan fingerprint density at radius 3 is 1.61 bits per heavy atom. The number of hydrogen-bond donors (Lipinski definition) is 0. The van der Waals surface area contributed by atoms with Gasteiger partial charge in [0.25, 0.3) is 0 Å². The molecule has 1 nitrogen and oxygen atoms in total. The molecule has 0 unspecified atom stereocenters. The van der Waals surface area contributed by atoms with Crippen LogP contribution in [0.5, 0.6) is 0 Å². The number of fused-ring (bicyclic) bond motifs is 9. The summed E-state index contributed by atoms with van der Waals surface area (Å²) in [5, 5.41) is 0. The fourth-order valence-corrected chi connectivity index (χ4v) is 10.9. The molecule has 0 heterocycles. The largest absolute Gasteiger partial charge is 0.310 e. The van der Waals surface area contributed by atoms with Gasteiger partial charge in [-0.2, -0.15) is 0 Å². The topological polar surface area (TPSA) is 3.24 Å². The maximum Gasteiger partial charge on any atom is 0.0540 e. The van der Waals surface area contributed by atoms with Crippen LogP contribution in [-0.2, 0) is 16.2 Å². The van der Waals surface area contributed by atoms with E-state index in [1.54, 1.807) is 0 Å². The van der Waals surface area contributed by atoms with E-state index < -0.39 is 0 Å². The molecule has 0 aliphatic heterocycles. The van der Waals surface area contributed by atoms with Gasteiger partial charge in [0, 0.05) is 27.5 Å². The van der Waals surface area contributed by atoms with E-state index >= 15 is 0 Å². The van der Waals surface area contributed by atoms with E-state index in [-0.39, 0.29) is 16.2 Å². The highest BCUT2D eigenvalue weighted by Crippen LogP contribution is 2.59. The van der Waals surface area contributed by atoms with E-state index in [9.17, 15) is 0 Å². The fraction of sp³-hybridized carbons (Fsp3) is 0.208. The summed E-state index contributed by atoms with van der Waals surface area (Å²) in [5.41, 5.74) is 22.5. The summed E-state index contributed by atoms with van der Waals surface area (Å²) in [6, 6.07) is 57.6. The quantitative estimate of drug-likeness (QED) is 0.167. The molecular formula is C53H47N. The van der Waals surface area contributed by atoms with Crippen molar-refractivity contribution in [1.82, 2.24) is 0 Å². The van der Waals surface area contributed by atoms with Crippen molar-refractivity contribution in [3.8, 4) is 44.5 Å². The van der Waals surface area contributed by atoms with Gasteiger partial charge in [0.2, 0.25) is 0 Å². The Morgan fingerprint density at radius 2 is 0.889 bits per heavy atom. The summed E-state index contributed by atoms with van der Waals surface area (Å²) in [7, 11) is 0. The summed E-state index contributed by atoms with van der Waals surface area (Å²) in [5.74, 6) is 0. The molecule has 3 aliphatic rings. The second kappa shape index (κ2) is 11.7. The van der Waals surface area contributed by atoms with Gasteiger partial charge < -0.3 is 4.90 Å². The average Bonchev–Trinajstić information content (AvgIpc) is 3.73. The van der Waals surface area contributed by atoms with Crippen LogP contribution in [0.3, 0.4) is 0 Å². The Balaban J connectivity index is 1.27. The second-order valence-corrected chi connectivity index (χ2v) is 16.7. The molecule has 0 N–H and O–H groups in total. The van der Waals surface area contributed by atoms with Crippen LogP contribution in [0.2, 0.25) is 0 Å². The van der Waals surface area contributed by atoms with Crippen molar-refractivity contribution in [3.63, 3.8) is 0 Å². The molecule has 0 fully saturated rings. The Kier molecular flexibility index (Phi) is 7.12. The minimum Gasteiger partial charge on any atom is -0.310 e. The van der Waals surface area contributed by atoms with Gasteiger partial charge in [0.15, 0.2) is 0 Å². The van der Waals surface area contributed by atoms with Crippen molar-refractivity contribution in [1.29, 1.82) is 0 Å². The SMILES string of the molecule is CCC1(CC)c2ccccc2-c2ccc(N(c3ccccc3-c3cccc4c3-c3ccccc3C4(C)C)c3cccc4c3C(C)(C)c3ccccc3-4)cc21. The van der Waals surface area contributed by atoms with Gasteiger partial charge in [-0.15, -0.1) is 0 Å². The molecule has 3 aliphatic carbocycles. The smallest absolute Gasteiger partial charge is 0.0540 e. The van der Waals surface area contributed by atoms with Crippen molar-refractivity contribution >= 4 is 17.1 Å². The molecule has 0 spiro atoms. The van der Waals surface area contributed by atoms with Gasteiger partial charge in [-0.1, -0.05) is 169 Å². The molecule has 0 radical (unpaired) electrons. The van der Waals surface area contributed by atoms with Crippen molar-refractivity contribution in [2.24, 2.45) is 0 Å². The molecule has 0 bridgehead atoms. The van der Waals surface area contributed by atoms with Crippen LogP contribution in [-0.4, -0.2) is 0 Å². The molecule has 7 aromatic carbocycles. The third kappa shape index (κ3) is 4.27. The zero-order valence-corrected chi connectivity index (χ0v) is 32.3. The molecule has 1 heteroatoms. The molecule has 0 aromatic heterocycles. The Hall–Kier alpha value is -5.66. The van der Waals surface area contributed by atoms with Crippen LogP contribution < -0.4 is 4.90 Å². The zero-order valence-electron chi connectivity index (χ0n) is 32.3. The number of rotatable bonds is 6. The van der Waals surface area contributed by atoms with Gasteiger partial charge in [-0.25, -0.2) is 0 Å². The van der Waals surface area contributed by atoms with Crippen molar-refractivity contribution in [2.75, 3.05) is 4.90 Å². The summed E-state index contributed by atoms with van der Waals surface area (Å²) in [4.78, 5) is 2.60. The Morgan fingerprint density at radius 1 is 0.389 bits per heavy atom. The van der Waals surface area contributed by atoms with Crippen LogP contribution in [0.25, 0.3) is 44.5 Å². The van der Waals surface area contributed by atoms with Gasteiger partial charge in [0.1, 0.15) is 0 Å². The van der Waals surface area contributed by atoms with Crippen LogP contribution in [0, 0.1) is 0 Å². The number of para-hydroxylation sites is 1. The van der Waals surface area contributed by atoms with E-state index in [2.05, 4.69) is 198 Å². The highest BCUT2D eigenvalue weighted by molar-refractivity contribution is 6.00. The lowest BCUT2D eigenvalue weighted by atomic mass is 9.74. The predicted octanol–water partition coefficient (Wildman–Crippen LogP) is 14.5. The molecule has 0 atom stereocenters. The van der Waals surface area contributed by atoms with E-state index in [0.717, 1.165) is 12.8 Å². The van der Waals surface area contributed by atoms with Crippen molar-refractivity contribution < 1.29 is 0 Å². The fourth-order valence-electron chi connectivity index (χ4n) is 10.9. The maximum absolute atomic E-state index is 2.60. The van der Waals surface area contributed by atoms with Gasteiger partial charge in [0.05, 0.1) is 11.4 Å². The Bertz CT molecular complexity index is 2650. The number of benzene rings is 7. The third-order valence-corrected chi connectivity index (χ3v) is 13.6. The van der Waals surface area contributed by atoms with Crippen LogP contribution in [0.15, 0.2) is 152 Å². The average molecular weight is 698 g/mol. The van der Waals surface area contributed by atoms with Crippen LogP contribution in [0.1, 0.15) is 87.8 Å². The predicted molar refractivity (Wildman–Crippen MR) is 228 cm³/mol. The minimum absolute atomic E-state index is 0.0309. The summed E-state index contributed by atoms with van der Waals surface area (Å²) < 4.78 is 0. The maximum atomic E-state index is 2.60. The lowest BCUT2D eigenvalue weighted by Crippen LogP contribution is -2.24. The van der Waals surface area contributed by atoms with Gasteiger partial charge in [-0.05, 0) is 109 Å². The van der Waals surface area contributed by atoms with E-state index in [1.807, 2.05) is 0 Å². The van der Waals surface area contributed by atoms with Gasteiger partial charge >= 0.3 is 0 Å². The summed E-state index contributed by atoms with van der Waals surface area (Å²) in [6.07, 6.45) is 2.12. The first kappa shape index (κ1) is 32.9. The number of anilines is 3. The second-order valence-electron chi connectivity index (χ2n) is 16.7. The van der Waals surface area contributed by atoms with Crippen LogP contribution >= 0.6 is 0 Å². The summed E-state index contributed by atoms with van der Waals surface area (Å²) in [6.45, 7) is 14.3. The molecule has 0 saturated carbocycles. The van der Waals surface area contributed by atoms with E-state index in [4.69, 9.17) is 0 Å². The molecule has 54 heavy (non-hydrogen) atoms. The van der Waals surface area contributed by atoms with E-state index in [0.29, 0.717) is 0 Å². The molecule has 0 saturated heterocycles. The van der Waals surface area contributed by atoms with E-state index in [1.165, 1.54) is 95.0 Å². The van der Waals surface area contributed by atoms with Crippen molar-refractivity contribution in [2.45, 2.75) is 70.6 Å². The zero-order chi connectivity index (χ0) is 37.0. The Labute approximate surface area is 321 Å². The number of nitrogens with zero attached hydrogens (tertiary/aromatic N) is 1. The first-order chi connectivity index (χ1) is 26.2. The normalized spacial score (nSPS) is 15.8. The first-order valence-electron chi connectivity index (χ1n) is 19.8. The highest BCUT2D eigenvalue weighted by atomic mass is 15.1. The molecule has 7 aromatic rings. The van der Waals surface area contributed by atoms with Crippen LogP contribution in [0.4, 0.5) is 17.1 Å². The lowest BCUT2D eigenvalue weighted by Gasteiger charge is -2.35. The number of hydrogen-bond acceptors (Lipinski definition) is 1. The summed E-state index contributed by atoms with van der Waals surface area (Å²) >= 11 is 0. The van der Waals surface area contributed by atoms with Gasteiger partial charge in [-0.3, -0.25) is 0 Å². The lowest BCUT2D eigenvalue weighted by molar-refractivity contribution is 0.490. The minimum atomic E-state index is -0.184. The highest BCUT2D eigenvalue weighted by Gasteiger charge is 2.43. The monoisotopic (exact) mass is 697 g/mol. The first-order valence-corrected chi connectivity index (χ1v) is 19.8. The molecule has 264 valence electrons. The standard InChI is InChI=1S/C53H47N/c1-7-53(8-2)44-27-15-10-19-35(44)37-32-31-34(33-46(37)53)54(48-30-18-24-40-36-20-9-13-25-42(36)52(5,6)50(40)48)47-29-16-12-21-38(47)39-23-17-28-45-49(39)41-22-11-14-26-43(41)51(45,3)4/h9-33H,7-8H2,1-6H3. The molecular weight excluding hydrogens is 651 g/mol. The third-order valence-electron chi connectivity index (χ3n) is 13.6.